The molecule has 0 bridgehead atoms. The minimum Gasteiger partial charge on any atom is -0.493 e. The van der Waals surface area contributed by atoms with E-state index in [0.29, 0.717) is 6.42 Å². The third-order valence-electron chi connectivity index (χ3n) is 6.42. The maximum absolute atomic E-state index is 10.2. The summed E-state index contributed by atoms with van der Waals surface area (Å²) >= 11 is 0. The highest BCUT2D eigenvalue weighted by atomic mass is 16.5. The molecule has 1 aromatic rings. The molecule has 0 saturated carbocycles. The maximum Gasteiger partial charge on any atom is 0.166 e. The number of hydrogen-bond acceptors (Lipinski definition) is 3. The SMILES string of the molecule is C=C(C)C[N+]1(C)CCC23C=CC(O)CC2Oc2c(OC)cc(C)c(c23)C1. The number of rotatable bonds is 3. The van der Waals surface area contributed by atoms with Crippen LogP contribution in [0.3, 0.4) is 0 Å². The van der Waals surface area contributed by atoms with Gasteiger partial charge in [0, 0.05) is 24.0 Å². The number of methoxy groups -OCH3 is 1. The smallest absolute Gasteiger partial charge is 0.166 e. The molecule has 0 fully saturated rings. The highest BCUT2D eigenvalue weighted by molar-refractivity contribution is 5.63. The Labute approximate surface area is 156 Å². The van der Waals surface area contributed by atoms with Gasteiger partial charge in [0.1, 0.15) is 12.6 Å². The molecule has 3 aliphatic rings. The number of aryl methyl sites for hydroxylation is 1. The molecule has 4 rings (SSSR count). The molecule has 140 valence electrons. The van der Waals surface area contributed by atoms with Crippen molar-refractivity contribution >= 4 is 0 Å². The van der Waals surface area contributed by atoms with Crippen molar-refractivity contribution in [2.75, 3.05) is 27.2 Å². The lowest BCUT2D eigenvalue weighted by molar-refractivity contribution is -0.918. The Morgan fingerprint density at radius 1 is 1.50 bits per heavy atom. The predicted molar refractivity (Wildman–Crippen MR) is 103 cm³/mol. The molecule has 1 spiro atoms. The van der Waals surface area contributed by atoms with Crippen molar-refractivity contribution in [1.29, 1.82) is 0 Å². The fraction of sp³-hybridized carbons (Fsp3) is 0.545. The maximum atomic E-state index is 10.2. The molecule has 2 aliphatic heterocycles. The highest BCUT2D eigenvalue weighted by Gasteiger charge is 2.55. The van der Waals surface area contributed by atoms with Gasteiger partial charge in [-0.3, -0.25) is 0 Å². The van der Waals surface area contributed by atoms with E-state index in [2.05, 4.69) is 39.6 Å². The number of ether oxygens (including phenoxy) is 2. The lowest BCUT2D eigenvalue weighted by atomic mass is 9.68. The molecule has 0 radical (unpaired) electrons. The van der Waals surface area contributed by atoms with Gasteiger partial charge in [0.15, 0.2) is 11.5 Å². The predicted octanol–water partition coefficient (Wildman–Crippen LogP) is 3.25. The van der Waals surface area contributed by atoms with E-state index in [1.807, 2.05) is 6.08 Å². The van der Waals surface area contributed by atoms with Gasteiger partial charge in [-0.15, -0.1) is 0 Å². The minimum atomic E-state index is -0.435. The van der Waals surface area contributed by atoms with Gasteiger partial charge in [-0.1, -0.05) is 18.7 Å². The van der Waals surface area contributed by atoms with Crippen molar-refractivity contribution < 1.29 is 19.1 Å². The summed E-state index contributed by atoms with van der Waals surface area (Å²) in [7, 11) is 4.04. The molecule has 0 amide bonds. The normalized spacial score (nSPS) is 34.5. The van der Waals surface area contributed by atoms with E-state index in [4.69, 9.17) is 9.47 Å². The molecule has 4 unspecified atom stereocenters. The largest absolute Gasteiger partial charge is 0.493 e. The van der Waals surface area contributed by atoms with Gasteiger partial charge in [-0.2, -0.15) is 0 Å². The first kappa shape index (κ1) is 17.6. The van der Waals surface area contributed by atoms with Gasteiger partial charge in [0.25, 0.3) is 0 Å². The first-order valence-electron chi connectivity index (χ1n) is 9.51. The highest BCUT2D eigenvalue weighted by Crippen LogP contribution is 2.57. The molecular formula is C22H30NO3+. The second kappa shape index (κ2) is 5.86. The molecule has 4 atom stereocenters. The number of quaternary nitrogens is 1. The van der Waals surface area contributed by atoms with E-state index in [1.165, 1.54) is 22.3 Å². The van der Waals surface area contributed by atoms with E-state index in [-0.39, 0.29) is 11.5 Å². The van der Waals surface area contributed by atoms with Crippen LogP contribution in [0.2, 0.25) is 0 Å². The molecule has 26 heavy (non-hydrogen) atoms. The van der Waals surface area contributed by atoms with E-state index in [9.17, 15) is 5.11 Å². The van der Waals surface area contributed by atoms with Crippen molar-refractivity contribution in [3.63, 3.8) is 0 Å². The third-order valence-corrected chi connectivity index (χ3v) is 6.42. The summed E-state index contributed by atoms with van der Waals surface area (Å²) in [6.07, 6.45) is 5.37. The van der Waals surface area contributed by atoms with Crippen LogP contribution in [-0.4, -0.2) is 49.0 Å². The van der Waals surface area contributed by atoms with Gasteiger partial charge >= 0.3 is 0 Å². The van der Waals surface area contributed by atoms with E-state index >= 15 is 0 Å². The van der Waals surface area contributed by atoms with Crippen LogP contribution in [-0.2, 0) is 12.0 Å². The fourth-order valence-corrected chi connectivity index (χ4v) is 5.28. The second-order valence-electron chi connectivity index (χ2n) is 8.75. The van der Waals surface area contributed by atoms with E-state index in [0.717, 1.165) is 42.0 Å². The van der Waals surface area contributed by atoms with Crippen LogP contribution >= 0.6 is 0 Å². The monoisotopic (exact) mass is 356 g/mol. The summed E-state index contributed by atoms with van der Waals surface area (Å²) in [4.78, 5) is 0. The Bertz CT molecular complexity index is 799. The first-order valence-corrected chi connectivity index (χ1v) is 9.51. The molecule has 2 heterocycles. The Kier molecular flexibility index (Phi) is 3.97. The van der Waals surface area contributed by atoms with E-state index < -0.39 is 6.10 Å². The van der Waals surface area contributed by atoms with Crippen molar-refractivity contribution in [3.8, 4) is 11.5 Å². The van der Waals surface area contributed by atoms with Crippen molar-refractivity contribution in [2.24, 2.45) is 0 Å². The van der Waals surface area contributed by atoms with Crippen LogP contribution in [0, 0.1) is 6.92 Å². The molecular weight excluding hydrogens is 326 g/mol. The summed E-state index contributed by atoms with van der Waals surface area (Å²) in [6.45, 7) is 11.5. The average molecular weight is 356 g/mol. The molecule has 0 saturated heterocycles. The van der Waals surface area contributed by atoms with Crippen LogP contribution in [0.1, 0.15) is 36.5 Å². The number of hydrogen-bond donors (Lipinski definition) is 1. The van der Waals surface area contributed by atoms with Crippen LogP contribution in [0.4, 0.5) is 0 Å². The number of aliphatic hydroxyl groups is 1. The minimum absolute atomic E-state index is 0.0247. The zero-order chi connectivity index (χ0) is 18.7. The Morgan fingerprint density at radius 3 is 2.96 bits per heavy atom. The lowest BCUT2D eigenvalue weighted by Crippen LogP contribution is -2.47. The van der Waals surface area contributed by atoms with Crippen molar-refractivity contribution in [3.05, 3.63) is 47.1 Å². The topological polar surface area (TPSA) is 38.7 Å². The van der Waals surface area contributed by atoms with Crippen LogP contribution in [0.15, 0.2) is 30.4 Å². The van der Waals surface area contributed by atoms with Gasteiger partial charge in [0.2, 0.25) is 0 Å². The number of nitrogens with zero attached hydrogens (tertiary/aromatic N) is 1. The lowest BCUT2D eigenvalue weighted by Gasteiger charge is -2.37. The van der Waals surface area contributed by atoms with Gasteiger partial charge in [0.05, 0.1) is 38.8 Å². The molecule has 4 nitrogen and oxygen atoms in total. The quantitative estimate of drug-likeness (QED) is 0.667. The average Bonchev–Trinajstić information content (AvgIpc) is 2.82. The first-order chi connectivity index (χ1) is 12.3. The standard InChI is InChI=1S/C22H30NO3/c1-14(2)12-23(4)9-8-22-7-6-16(24)11-19(22)26-21-18(25-5)10-15(3)17(13-23)20(21)22/h6-7,10,16,19,24H,1,8-9,11-13H2,2-5H3/q+1. The van der Waals surface area contributed by atoms with Crippen molar-refractivity contribution in [1.82, 2.24) is 0 Å². The molecule has 0 aromatic heterocycles. The Balaban J connectivity index is 1.93. The number of aliphatic hydroxyl groups excluding tert-OH is 1. The number of likely N-dealkylation sites (N-methyl/N-ethyl adjacent to an activating group) is 1. The van der Waals surface area contributed by atoms with Gasteiger partial charge < -0.3 is 19.1 Å². The van der Waals surface area contributed by atoms with E-state index in [1.54, 1.807) is 7.11 Å². The zero-order valence-electron chi connectivity index (χ0n) is 16.3. The van der Waals surface area contributed by atoms with Crippen molar-refractivity contribution in [2.45, 2.75) is 50.9 Å². The van der Waals surface area contributed by atoms with Gasteiger partial charge in [-0.05, 0) is 31.1 Å². The third kappa shape index (κ3) is 2.50. The number of benzene rings is 1. The summed E-state index contributed by atoms with van der Waals surface area (Å²) in [5.41, 5.74) is 5.00. The molecule has 1 N–H and O–H groups in total. The summed E-state index contributed by atoms with van der Waals surface area (Å²) in [6, 6.07) is 2.11. The zero-order valence-corrected chi connectivity index (χ0v) is 16.3. The van der Waals surface area contributed by atoms with Gasteiger partial charge in [-0.25, -0.2) is 0 Å². The summed E-state index contributed by atoms with van der Waals surface area (Å²) in [5.74, 6) is 1.70. The molecule has 1 aromatic carbocycles. The molecule has 1 aliphatic carbocycles. The fourth-order valence-electron chi connectivity index (χ4n) is 5.28. The van der Waals surface area contributed by atoms with Crippen LogP contribution < -0.4 is 9.47 Å². The summed E-state index contributed by atoms with van der Waals surface area (Å²) in [5, 5.41) is 10.2. The Morgan fingerprint density at radius 2 is 2.27 bits per heavy atom. The second-order valence-corrected chi connectivity index (χ2v) is 8.75. The van der Waals surface area contributed by atoms with Crippen LogP contribution in [0.5, 0.6) is 11.5 Å². The summed E-state index contributed by atoms with van der Waals surface area (Å²) < 4.78 is 13.0. The molecule has 4 heteroatoms. The Hall–Kier alpha value is -1.78. The van der Waals surface area contributed by atoms with Crippen LogP contribution in [0.25, 0.3) is 0 Å².